The highest BCUT2D eigenvalue weighted by atomic mass is 19.1. The summed E-state index contributed by atoms with van der Waals surface area (Å²) in [4.78, 5) is 4.34. The monoisotopic (exact) mass is 239 g/mol. The molecule has 0 aliphatic heterocycles. The lowest BCUT2D eigenvalue weighted by Crippen LogP contribution is -2.12. The normalized spacial score (nSPS) is 11.6. The Morgan fingerprint density at radius 3 is 2.06 bits per heavy atom. The van der Waals surface area contributed by atoms with Gasteiger partial charge < -0.3 is 4.74 Å². The van der Waals surface area contributed by atoms with E-state index in [0.717, 1.165) is 5.56 Å². The van der Waals surface area contributed by atoms with Crippen molar-refractivity contribution in [3.8, 4) is 5.88 Å². The molecular formula is C14H22FNO. The minimum atomic E-state index is -0.236. The quantitative estimate of drug-likeness (QED) is 0.783. The molecule has 0 aliphatic rings. The molecule has 1 aromatic heterocycles. The van der Waals surface area contributed by atoms with Gasteiger partial charge in [-0.05, 0) is 31.7 Å². The molecule has 0 unspecified atom stereocenters. The SMILES string of the molecule is CC(C)Oc1nc(C(C)C)c(F)cc1C(C)C. The molecule has 2 nitrogen and oxygen atoms in total. The van der Waals surface area contributed by atoms with Crippen LogP contribution in [0.2, 0.25) is 0 Å². The Morgan fingerprint density at radius 2 is 1.65 bits per heavy atom. The van der Waals surface area contributed by atoms with Gasteiger partial charge in [-0.1, -0.05) is 27.7 Å². The second-order valence-corrected chi connectivity index (χ2v) is 5.23. The fourth-order valence-electron chi connectivity index (χ4n) is 1.64. The van der Waals surface area contributed by atoms with E-state index in [0.29, 0.717) is 11.6 Å². The van der Waals surface area contributed by atoms with Gasteiger partial charge in [0.2, 0.25) is 5.88 Å². The molecule has 0 spiro atoms. The van der Waals surface area contributed by atoms with Crippen LogP contribution in [0.1, 0.15) is 64.6 Å². The van der Waals surface area contributed by atoms with Crippen molar-refractivity contribution in [1.29, 1.82) is 0 Å². The van der Waals surface area contributed by atoms with Crippen LogP contribution >= 0.6 is 0 Å². The molecule has 0 aliphatic carbocycles. The van der Waals surface area contributed by atoms with Gasteiger partial charge in [0.1, 0.15) is 5.82 Å². The Morgan fingerprint density at radius 1 is 1.06 bits per heavy atom. The van der Waals surface area contributed by atoms with Crippen molar-refractivity contribution in [3.05, 3.63) is 23.1 Å². The van der Waals surface area contributed by atoms with E-state index < -0.39 is 0 Å². The number of nitrogens with zero attached hydrogens (tertiary/aromatic N) is 1. The first-order valence-corrected chi connectivity index (χ1v) is 6.19. The van der Waals surface area contributed by atoms with Crippen LogP contribution in [0.5, 0.6) is 5.88 Å². The summed E-state index contributed by atoms with van der Waals surface area (Å²) >= 11 is 0. The van der Waals surface area contributed by atoms with Gasteiger partial charge in [0.15, 0.2) is 0 Å². The summed E-state index contributed by atoms with van der Waals surface area (Å²) in [5.74, 6) is 0.595. The summed E-state index contributed by atoms with van der Waals surface area (Å²) in [7, 11) is 0. The lowest BCUT2D eigenvalue weighted by Gasteiger charge is -2.18. The molecule has 3 heteroatoms. The van der Waals surface area contributed by atoms with Crippen LogP contribution in [0.4, 0.5) is 4.39 Å². The summed E-state index contributed by atoms with van der Waals surface area (Å²) in [6.45, 7) is 11.8. The number of ether oxygens (including phenoxy) is 1. The van der Waals surface area contributed by atoms with Crippen molar-refractivity contribution in [1.82, 2.24) is 4.98 Å². The number of pyridine rings is 1. The highest BCUT2D eigenvalue weighted by Gasteiger charge is 2.17. The molecule has 17 heavy (non-hydrogen) atoms. The molecule has 0 saturated heterocycles. The van der Waals surface area contributed by atoms with Gasteiger partial charge in [-0.15, -0.1) is 0 Å². The lowest BCUT2D eigenvalue weighted by atomic mass is 10.0. The van der Waals surface area contributed by atoms with Gasteiger partial charge in [-0.2, -0.15) is 0 Å². The van der Waals surface area contributed by atoms with Gasteiger partial charge in [-0.25, -0.2) is 9.37 Å². The standard InChI is InChI=1S/C14H22FNO/c1-8(2)11-7-12(15)13(9(3)4)16-14(11)17-10(5)6/h7-10H,1-6H3. The number of rotatable bonds is 4. The average molecular weight is 239 g/mol. The first-order valence-electron chi connectivity index (χ1n) is 6.19. The number of halogens is 1. The lowest BCUT2D eigenvalue weighted by molar-refractivity contribution is 0.227. The van der Waals surface area contributed by atoms with Gasteiger partial charge in [0.25, 0.3) is 0 Å². The molecular weight excluding hydrogens is 217 g/mol. The minimum Gasteiger partial charge on any atom is -0.475 e. The zero-order valence-corrected chi connectivity index (χ0v) is 11.5. The summed E-state index contributed by atoms with van der Waals surface area (Å²) in [6.07, 6.45) is 0.0467. The summed E-state index contributed by atoms with van der Waals surface area (Å²) < 4.78 is 19.5. The van der Waals surface area contributed by atoms with Crippen LogP contribution < -0.4 is 4.74 Å². The van der Waals surface area contributed by atoms with Gasteiger partial charge in [-0.3, -0.25) is 0 Å². The molecule has 96 valence electrons. The zero-order chi connectivity index (χ0) is 13.2. The van der Waals surface area contributed by atoms with Crippen LogP contribution in [-0.2, 0) is 0 Å². The Hall–Kier alpha value is -1.12. The van der Waals surface area contributed by atoms with E-state index in [-0.39, 0.29) is 23.8 Å². The zero-order valence-electron chi connectivity index (χ0n) is 11.5. The molecule has 1 heterocycles. The highest BCUT2D eigenvalue weighted by molar-refractivity contribution is 5.33. The van der Waals surface area contributed by atoms with E-state index >= 15 is 0 Å². The molecule has 1 aromatic rings. The summed E-state index contributed by atoms with van der Waals surface area (Å²) in [6, 6.07) is 1.56. The highest BCUT2D eigenvalue weighted by Crippen LogP contribution is 2.29. The van der Waals surface area contributed by atoms with Crippen LogP contribution in [-0.4, -0.2) is 11.1 Å². The number of hydrogen-bond acceptors (Lipinski definition) is 2. The average Bonchev–Trinajstić information content (AvgIpc) is 2.18. The van der Waals surface area contributed by atoms with Crippen molar-refractivity contribution in [2.24, 2.45) is 0 Å². The fraction of sp³-hybridized carbons (Fsp3) is 0.643. The van der Waals surface area contributed by atoms with Crippen LogP contribution in [0.15, 0.2) is 6.07 Å². The third-order valence-corrected chi connectivity index (χ3v) is 2.51. The largest absolute Gasteiger partial charge is 0.475 e. The maximum atomic E-state index is 13.9. The van der Waals surface area contributed by atoms with Gasteiger partial charge in [0.05, 0.1) is 11.8 Å². The topological polar surface area (TPSA) is 22.1 Å². The second kappa shape index (κ2) is 5.48. The predicted octanol–water partition coefficient (Wildman–Crippen LogP) is 4.25. The Bertz CT molecular complexity index is 386. The first kappa shape index (κ1) is 13.9. The van der Waals surface area contributed by atoms with E-state index in [9.17, 15) is 4.39 Å². The van der Waals surface area contributed by atoms with E-state index in [4.69, 9.17) is 4.74 Å². The van der Waals surface area contributed by atoms with Crippen molar-refractivity contribution >= 4 is 0 Å². The van der Waals surface area contributed by atoms with Crippen LogP contribution in [0.25, 0.3) is 0 Å². The van der Waals surface area contributed by atoms with Crippen molar-refractivity contribution in [2.75, 3.05) is 0 Å². The number of aromatic nitrogens is 1. The van der Waals surface area contributed by atoms with Gasteiger partial charge in [0, 0.05) is 5.56 Å². The third kappa shape index (κ3) is 3.42. The molecule has 0 aromatic carbocycles. The maximum Gasteiger partial charge on any atom is 0.217 e. The molecule has 0 N–H and O–H groups in total. The van der Waals surface area contributed by atoms with Crippen molar-refractivity contribution in [3.63, 3.8) is 0 Å². The summed E-state index contributed by atoms with van der Waals surface area (Å²) in [5, 5.41) is 0. The van der Waals surface area contributed by atoms with E-state index in [1.807, 2.05) is 41.5 Å². The first-order chi connectivity index (χ1) is 7.82. The summed E-state index contributed by atoms with van der Waals surface area (Å²) in [5.41, 5.74) is 1.31. The van der Waals surface area contributed by atoms with E-state index in [1.165, 1.54) is 0 Å². The molecule has 1 rings (SSSR count). The Kier molecular flexibility index (Phi) is 4.49. The molecule has 0 fully saturated rings. The predicted molar refractivity (Wildman–Crippen MR) is 68.1 cm³/mol. The van der Waals surface area contributed by atoms with Crippen LogP contribution in [0, 0.1) is 5.82 Å². The van der Waals surface area contributed by atoms with Crippen molar-refractivity contribution < 1.29 is 9.13 Å². The second-order valence-electron chi connectivity index (χ2n) is 5.23. The van der Waals surface area contributed by atoms with Crippen LogP contribution in [0.3, 0.4) is 0 Å². The molecule has 0 bridgehead atoms. The molecule has 0 atom stereocenters. The van der Waals surface area contributed by atoms with E-state index in [1.54, 1.807) is 6.07 Å². The van der Waals surface area contributed by atoms with Gasteiger partial charge >= 0.3 is 0 Å². The maximum absolute atomic E-state index is 13.9. The molecule has 0 amide bonds. The smallest absolute Gasteiger partial charge is 0.217 e. The Balaban J connectivity index is 3.26. The Labute approximate surface area is 103 Å². The number of hydrogen-bond donors (Lipinski definition) is 0. The minimum absolute atomic E-state index is 0.0467. The fourth-order valence-corrected chi connectivity index (χ4v) is 1.64. The third-order valence-electron chi connectivity index (χ3n) is 2.51. The molecule has 0 radical (unpaired) electrons. The molecule has 0 saturated carbocycles. The van der Waals surface area contributed by atoms with Crippen molar-refractivity contribution in [2.45, 2.75) is 59.5 Å². The van der Waals surface area contributed by atoms with E-state index in [2.05, 4.69) is 4.98 Å².